The molecule has 4 nitrogen and oxygen atoms in total. The van der Waals surface area contributed by atoms with E-state index in [1.807, 2.05) is 6.92 Å². The normalized spacial score (nSPS) is 16.9. The predicted octanol–water partition coefficient (Wildman–Crippen LogP) is 1.72. The van der Waals surface area contributed by atoms with Crippen molar-refractivity contribution < 1.29 is 0 Å². The Labute approximate surface area is 108 Å². The van der Waals surface area contributed by atoms with Crippen molar-refractivity contribution in [3.63, 3.8) is 0 Å². The molecule has 1 fully saturated rings. The molecule has 18 heavy (non-hydrogen) atoms. The molecule has 0 atom stereocenters. The highest BCUT2D eigenvalue weighted by Crippen LogP contribution is 2.22. The van der Waals surface area contributed by atoms with Crippen LogP contribution < -0.4 is 10.9 Å². The zero-order chi connectivity index (χ0) is 12.8. The largest absolute Gasteiger partial charge is 0.315 e. The molecule has 0 aromatic carbocycles. The average molecular weight is 249 g/mol. The summed E-state index contributed by atoms with van der Waals surface area (Å²) in [6, 6.07) is 3.34. The van der Waals surface area contributed by atoms with Crippen LogP contribution >= 0.6 is 0 Å². The van der Waals surface area contributed by atoms with Gasteiger partial charge in [-0.3, -0.25) is 4.79 Å². The van der Waals surface area contributed by atoms with Gasteiger partial charge in [-0.1, -0.05) is 19.3 Å². The van der Waals surface area contributed by atoms with Gasteiger partial charge in [0, 0.05) is 12.6 Å². The Hall–Kier alpha value is -1.16. The number of hydrogen-bond donors (Lipinski definition) is 1. The molecule has 1 saturated carbocycles. The number of aryl methyl sites for hydroxylation is 1. The maximum atomic E-state index is 11.5. The molecule has 0 saturated heterocycles. The van der Waals surface area contributed by atoms with Crippen LogP contribution in [0.1, 0.15) is 37.8 Å². The summed E-state index contributed by atoms with van der Waals surface area (Å²) in [5, 5.41) is 7.67. The Kier molecular flexibility index (Phi) is 4.93. The summed E-state index contributed by atoms with van der Waals surface area (Å²) in [5.41, 5.74) is 0.877. The van der Waals surface area contributed by atoms with Gasteiger partial charge in [0.15, 0.2) is 0 Å². The zero-order valence-electron chi connectivity index (χ0n) is 11.2. The minimum Gasteiger partial charge on any atom is -0.315 e. The van der Waals surface area contributed by atoms with E-state index in [0.29, 0.717) is 6.54 Å². The summed E-state index contributed by atoms with van der Waals surface area (Å²) in [7, 11) is 0. The highest BCUT2D eigenvalue weighted by molar-refractivity contribution is 4.96. The molecular formula is C14H23N3O. The number of rotatable bonds is 5. The molecule has 0 spiro atoms. The van der Waals surface area contributed by atoms with E-state index in [1.54, 1.807) is 16.8 Å². The summed E-state index contributed by atoms with van der Waals surface area (Å²) in [6.07, 6.45) is 6.88. The van der Waals surface area contributed by atoms with Crippen LogP contribution in [0.4, 0.5) is 0 Å². The van der Waals surface area contributed by atoms with Crippen LogP contribution in [0.2, 0.25) is 0 Å². The summed E-state index contributed by atoms with van der Waals surface area (Å²) < 4.78 is 1.54. The van der Waals surface area contributed by atoms with Crippen molar-refractivity contribution in [1.29, 1.82) is 0 Å². The van der Waals surface area contributed by atoms with Crippen molar-refractivity contribution in [2.24, 2.45) is 5.92 Å². The molecule has 1 aliphatic carbocycles. The van der Waals surface area contributed by atoms with Gasteiger partial charge in [0.05, 0.1) is 12.2 Å². The second-order valence-electron chi connectivity index (χ2n) is 5.24. The quantitative estimate of drug-likeness (QED) is 0.808. The van der Waals surface area contributed by atoms with Gasteiger partial charge < -0.3 is 5.32 Å². The number of hydrogen-bond acceptors (Lipinski definition) is 3. The summed E-state index contributed by atoms with van der Waals surface area (Å²) >= 11 is 0. The lowest BCUT2D eigenvalue weighted by atomic mass is 9.89. The lowest BCUT2D eigenvalue weighted by Gasteiger charge is -2.21. The third-order valence-corrected chi connectivity index (χ3v) is 3.66. The second-order valence-corrected chi connectivity index (χ2v) is 5.24. The Morgan fingerprint density at radius 2 is 2.11 bits per heavy atom. The molecule has 0 aliphatic heterocycles. The molecule has 0 radical (unpaired) electrons. The van der Waals surface area contributed by atoms with Crippen molar-refractivity contribution in [1.82, 2.24) is 15.1 Å². The van der Waals surface area contributed by atoms with Crippen LogP contribution in [0.3, 0.4) is 0 Å². The molecular weight excluding hydrogens is 226 g/mol. The lowest BCUT2D eigenvalue weighted by Crippen LogP contribution is -2.31. The third-order valence-electron chi connectivity index (χ3n) is 3.66. The molecule has 4 heteroatoms. The Morgan fingerprint density at radius 3 is 2.89 bits per heavy atom. The van der Waals surface area contributed by atoms with Crippen molar-refractivity contribution in [3.8, 4) is 0 Å². The first-order chi connectivity index (χ1) is 8.75. The number of nitrogens with one attached hydrogen (secondary N) is 1. The highest BCUT2D eigenvalue weighted by Gasteiger charge is 2.12. The highest BCUT2D eigenvalue weighted by atomic mass is 16.1. The number of nitrogens with zero attached hydrogens (tertiary/aromatic N) is 2. The van der Waals surface area contributed by atoms with Gasteiger partial charge >= 0.3 is 0 Å². The first-order valence-electron chi connectivity index (χ1n) is 7.01. The minimum absolute atomic E-state index is 0.0138. The third kappa shape index (κ3) is 3.95. The molecule has 1 heterocycles. The molecule has 1 N–H and O–H groups in total. The summed E-state index contributed by atoms with van der Waals surface area (Å²) in [4.78, 5) is 11.5. The van der Waals surface area contributed by atoms with Crippen molar-refractivity contribution >= 4 is 0 Å². The van der Waals surface area contributed by atoms with Crippen LogP contribution in [0.15, 0.2) is 16.9 Å². The standard InChI is InChI=1S/C14H23N3O/c1-12-7-8-14(18)17(16-12)10-9-15-11-13-5-3-2-4-6-13/h7-8,13,15H,2-6,9-11H2,1H3. The molecule has 2 rings (SSSR count). The van der Waals surface area contributed by atoms with E-state index in [1.165, 1.54) is 32.1 Å². The maximum Gasteiger partial charge on any atom is 0.266 e. The van der Waals surface area contributed by atoms with E-state index in [0.717, 1.165) is 24.7 Å². The van der Waals surface area contributed by atoms with E-state index < -0.39 is 0 Å². The maximum absolute atomic E-state index is 11.5. The first kappa shape index (κ1) is 13.3. The number of aromatic nitrogens is 2. The predicted molar refractivity (Wildman–Crippen MR) is 72.7 cm³/mol. The zero-order valence-corrected chi connectivity index (χ0v) is 11.2. The van der Waals surface area contributed by atoms with Gasteiger partial charge in [-0.2, -0.15) is 5.10 Å². The monoisotopic (exact) mass is 249 g/mol. The van der Waals surface area contributed by atoms with Gasteiger partial charge in [0.25, 0.3) is 5.56 Å². The fourth-order valence-electron chi connectivity index (χ4n) is 2.59. The molecule has 100 valence electrons. The van der Waals surface area contributed by atoms with Crippen LogP contribution in [0.25, 0.3) is 0 Å². The van der Waals surface area contributed by atoms with E-state index in [4.69, 9.17) is 0 Å². The lowest BCUT2D eigenvalue weighted by molar-refractivity contribution is 0.339. The summed E-state index contributed by atoms with van der Waals surface area (Å²) in [6.45, 7) is 4.48. The van der Waals surface area contributed by atoms with Crippen LogP contribution in [0.5, 0.6) is 0 Å². The van der Waals surface area contributed by atoms with Crippen LogP contribution in [0, 0.1) is 12.8 Å². The van der Waals surface area contributed by atoms with Crippen molar-refractivity contribution in [2.75, 3.05) is 13.1 Å². The molecule has 1 aromatic heterocycles. The molecule has 0 unspecified atom stereocenters. The topological polar surface area (TPSA) is 46.9 Å². The first-order valence-corrected chi connectivity index (χ1v) is 7.01. The molecule has 1 aromatic rings. The van der Waals surface area contributed by atoms with Gasteiger partial charge in [-0.05, 0) is 38.3 Å². The fourth-order valence-corrected chi connectivity index (χ4v) is 2.59. The van der Waals surface area contributed by atoms with E-state index in [9.17, 15) is 4.79 Å². The SMILES string of the molecule is Cc1ccc(=O)n(CCNCC2CCCCC2)n1. The smallest absolute Gasteiger partial charge is 0.266 e. The average Bonchev–Trinajstić information content (AvgIpc) is 2.40. The molecule has 0 amide bonds. The van der Waals surface area contributed by atoms with Gasteiger partial charge in [-0.15, -0.1) is 0 Å². The molecule has 1 aliphatic rings. The minimum atomic E-state index is -0.0138. The van der Waals surface area contributed by atoms with E-state index >= 15 is 0 Å². The Morgan fingerprint density at radius 1 is 1.33 bits per heavy atom. The second kappa shape index (κ2) is 6.69. The van der Waals surface area contributed by atoms with Gasteiger partial charge in [0.1, 0.15) is 0 Å². The van der Waals surface area contributed by atoms with Crippen molar-refractivity contribution in [3.05, 3.63) is 28.2 Å². The fraction of sp³-hybridized carbons (Fsp3) is 0.714. The Balaban J connectivity index is 1.71. The van der Waals surface area contributed by atoms with Gasteiger partial charge in [0.2, 0.25) is 0 Å². The van der Waals surface area contributed by atoms with E-state index in [-0.39, 0.29) is 5.56 Å². The van der Waals surface area contributed by atoms with Crippen LogP contribution in [-0.2, 0) is 6.54 Å². The molecule has 0 bridgehead atoms. The van der Waals surface area contributed by atoms with Gasteiger partial charge in [-0.25, -0.2) is 4.68 Å². The van der Waals surface area contributed by atoms with Crippen molar-refractivity contribution in [2.45, 2.75) is 45.6 Å². The Bertz CT molecular complexity index is 421. The summed E-state index contributed by atoms with van der Waals surface area (Å²) in [5.74, 6) is 0.834. The van der Waals surface area contributed by atoms with Crippen LogP contribution in [-0.4, -0.2) is 22.9 Å². The van der Waals surface area contributed by atoms with E-state index in [2.05, 4.69) is 10.4 Å².